The van der Waals surface area contributed by atoms with Crippen LogP contribution in [-0.4, -0.2) is 78.2 Å². The highest BCUT2D eigenvalue weighted by molar-refractivity contribution is 5.92. The van der Waals surface area contributed by atoms with Gasteiger partial charge < -0.3 is 30.1 Å². The van der Waals surface area contributed by atoms with Gasteiger partial charge in [-0.05, 0) is 57.1 Å². The molecular formula is C33H47N3O7. The summed E-state index contributed by atoms with van der Waals surface area (Å²) in [7, 11) is 0. The van der Waals surface area contributed by atoms with Gasteiger partial charge >= 0.3 is 5.97 Å². The van der Waals surface area contributed by atoms with E-state index in [-0.39, 0.29) is 36.9 Å². The third-order valence-corrected chi connectivity index (χ3v) is 8.72. The largest absolute Gasteiger partial charge is 0.494 e. The van der Waals surface area contributed by atoms with Crippen molar-refractivity contribution in [2.45, 2.75) is 102 Å². The van der Waals surface area contributed by atoms with Gasteiger partial charge in [0, 0.05) is 30.9 Å². The summed E-state index contributed by atoms with van der Waals surface area (Å²) in [6.07, 6.45) is 15.2. The van der Waals surface area contributed by atoms with Crippen LogP contribution in [0, 0.1) is 5.41 Å². The second-order valence-electron chi connectivity index (χ2n) is 12.1. The van der Waals surface area contributed by atoms with Crippen LogP contribution in [0.4, 0.5) is 0 Å². The summed E-state index contributed by atoms with van der Waals surface area (Å²) >= 11 is 0. The Morgan fingerprint density at radius 2 is 1.70 bits per heavy atom. The third-order valence-electron chi connectivity index (χ3n) is 8.72. The van der Waals surface area contributed by atoms with Gasteiger partial charge in [-0.3, -0.25) is 14.4 Å². The van der Waals surface area contributed by atoms with Crippen molar-refractivity contribution in [3.8, 4) is 5.75 Å². The molecule has 10 heteroatoms. The Labute approximate surface area is 254 Å². The van der Waals surface area contributed by atoms with Crippen LogP contribution in [0.15, 0.2) is 42.5 Å². The number of allylic oxidation sites excluding steroid dienone is 2. The van der Waals surface area contributed by atoms with Crippen LogP contribution in [0.5, 0.6) is 5.75 Å². The first-order valence-electron chi connectivity index (χ1n) is 15.9. The van der Waals surface area contributed by atoms with E-state index < -0.39 is 29.9 Å². The molecule has 1 aliphatic carbocycles. The Morgan fingerprint density at radius 1 is 0.977 bits per heavy atom. The molecule has 3 N–H and O–H groups in total. The van der Waals surface area contributed by atoms with Gasteiger partial charge in [0.25, 0.3) is 0 Å². The third kappa shape index (κ3) is 9.81. The van der Waals surface area contributed by atoms with Crippen LogP contribution in [0.1, 0.15) is 83.5 Å². The summed E-state index contributed by atoms with van der Waals surface area (Å²) in [5.41, 5.74) is -0.337. The highest BCUT2D eigenvalue weighted by Gasteiger charge is 2.67. The monoisotopic (exact) mass is 597 g/mol. The van der Waals surface area contributed by atoms with Crippen LogP contribution in [0.3, 0.4) is 0 Å². The number of hydrogen-bond donors (Lipinski definition) is 3. The van der Waals surface area contributed by atoms with E-state index in [2.05, 4.69) is 22.8 Å². The van der Waals surface area contributed by atoms with E-state index >= 15 is 0 Å². The second kappa shape index (κ2) is 16.4. The number of rotatable bonds is 5. The number of piperidine rings is 1. The van der Waals surface area contributed by atoms with E-state index in [1.165, 1.54) is 11.3 Å². The highest BCUT2D eigenvalue weighted by atomic mass is 16.5. The zero-order valence-electron chi connectivity index (χ0n) is 25.1. The molecular weight excluding hydrogens is 550 g/mol. The lowest BCUT2D eigenvalue weighted by atomic mass is 10.0. The summed E-state index contributed by atoms with van der Waals surface area (Å²) in [5, 5.41) is 15.3. The molecule has 3 aliphatic rings. The quantitative estimate of drug-likeness (QED) is 0.437. The SMILES string of the molecule is O=C1CCCCCCCC/C=C\CCCOC[C@@]23C[C@@H]2N(C(=O)CNC(=O)[C@H](CCOc2ccccc2)N1)[C@H](C(=O)O)C3. The van der Waals surface area contributed by atoms with Crippen LogP contribution >= 0.6 is 0 Å². The molecule has 4 rings (SSSR count). The fourth-order valence-corrected chi connectivity index (χ4v) is 6.20. The van der Waals surface area contributed by atoms with Crippen LogP contribution in [-0.2, 0) is 23.9 Å². The van der Waals surface area contributed by atoms with E-state index in [0.29, 0.717) is 38.2 Å². The molecule has 1 saturated carbocycles. The molecule has 0 aromatic heterocycles. The topological polar surface area (TPSA) is 134 Å². The van der Waals surface area contributed by atoms with Gasteiger partial charge in [0.2, 0.25) is 17.7 Å². The zero-order chi connectivity index (χ0) is 30.5. The number of ether oxygens (including phenoxy) is 2. The fourth-order valence-electron chi connectivity index (χ4n) is 6.20. The smallest absolute Gasteiger partial charge is 0.326 e. The molecule has 3 amide bonds. The Hall–Kier alpha value is -3.40. The lowest BCUT2D eigenvalue weighted by Gasteiger charge is -2.25. The minimum absolute atomic E-state index is 0.198. The van der Waals surface area contributed by atoms with E-state index in [1.807, 2.05) is 30.3 Å². The number of hydrogen-bond acceptors (Lipinski definition) is 6. The predicted molar refractivity (Wildman–Crippen MR) is 161 cm³/mol. The van der Waals surface area contributed by atoms with Crippen molar-refractivity contribution in [3.05, 3.63) is 42.5 Å². The maximum Gasteiger partial charge on any atom is 0.326 e. The first-order valence-corrected chi connectivity index (χ1v) is 15.9. The fraction of sp³-hybridized carbons (Fsp3) is 0.636. The van der Waals surface area contributed by atoms with Crippen LogP contribution < -0.4 is 15.4 Å². The highest BCUT2D eigenvalue weighted by Crippen LogP contribution is 2.59. The van der Waals surface area contributed by atoms with Crippen molar-refractivity contribution in [2.24, 2.45) is 5.41 Å². The Morgan fingerprint density at radius 3 is 2.47 bits per heavy atom. The van der Waals surface area contributed by atoms with E-state index in [4.69, 9.17) is 9.47 Å². The van der Waals surface area contributed by atoms with E-state index in [9.17, 15) is 24.3 Å². The van der Waals surface area contributed by atoms with Crippen molar-refractivity contribution in [1.82, 2.24) is 15.5 Å². The van der Waals surface area contributed by atoms with Crippen molar-refractivity contribution >= 4 is 23.7 Å². The summed E-state index contributed by atoms with van der Waals surface area (Å²) in [6.45, 7) is 0.885. The number of para-hydroxylation sites is 1. The summed E-state index contributed by atoms with van der Waals surface area (Å²) in [6, 6.07) is 7.18. The Kier molecular flexibility index (Phi) is 12.4. The number of carbonyl (C=O) groups excluding carboxylic acids is 3. The average Bonchev–Trinajstić information content (AvgIpc) is 3.59. The molecule has 1 saturated heterocycles. The number of amides is 3. The van der Waals surface area contributed by atoms with Gasteiger partial charge in [-0.1, -0.05) is 56.0 Å². The number of nitrogens with zero attached hydrogens (tertiary/aromatic N) is 1. The van der Waals surface area contributed by atoms with E-state index in [1.54, 1.807) is 0 Å². The standard InChI is InChI=1S/C33H47N3O7/c37-29-17-13-8-6-4-2-1-3-5-7-9-14-19-42-24-33-21-27(32(40)41)36(28(33)22-33)30(38)23-34-31(39)26(35-29)18-20-43-25-15-11-10-12-16-25/h5,7,10-12,15-16,26-28H,1-4,6,8-9,13-14,17-24H2,(H,34,39)(H,35,37)(H,40,41)/b7-5-/t26-,27-,28-,33+/m0/s1. The maximum absolute atomic E-state index is 13.3. The number of benzene rings is 1. The summed E-state index contributed by atoms with van der Waals surface area (Å²) < 4.78 is 11.7. The predicted octanol–water partition coefficient (Wildman–Crippen LogP) is 3.99. The molecule has 2 fully saturated rings. The molecule has 2 bridgehead atoms. The maximum atomic E-state index is 13.3. The second-order valence-corrected chi connectivity index (χ2v) is 12.1. The lowest BCUT2D eigenvalue weighted by Crippen LogP contribution is -2.52. The Bertz CT molecular complexity index is 1110. The zero-order valence-corrected chi connectivity index (χ0v) is 25.1. The number of carbonyl (C=O) groups is 4. The first kappa shape index (κ1) is 32.5. The van der Waals surface area contributed by atoms with Gasteiger partial charge in [-0.2, -0.15) is 0 Å². The summed E-state index contributed by atoms with van der Waals surface area (Å²) in [5.74, 6) is -1.53. The van der Waals surface area contributed by atoms with Gasteiger partial charge in [0.15, 0.2) is 0 Å². The number of nitrogens with one attached hydrogen (secondary N) is 2. The number of carboxylic acids is 1. The van der Waals surface area contributed by atoms with Crippen molar-refractivity contribution < 1.29 is 33.8 Å². The lowest BCUT2D eigenvalue weighted by molar-refractivity contribution is -0.149. The minimum atomic E-state index is -1.05. The molecule has 0 unspecified atom stereocenters. The molecule has 43 heavy (non-hydrogen) atoms. The molecule has 0 spiro atoms. The van der Waals surface area contributed by atoms with Gasteiger partial charge in [-0.15, -0.1) is 0 Å². The van der Waals surface area contributed by atoms with Gasteiger partial charge in [0.1, 0.15) is 17.8 Å². The number of aliphatic carboxylic acids is 1. The molecule has 4 atom stereocenters. The molecule has 10 nitrogen and oxygen atoms in total. The van der Waals surface area contributed by atoms with Crippen molar-refractivity contribution in [1.29, 1.82) is 0 Å². The molecule has 2 aliphatic heterocycles. The normalized spacial score (nSPS) is 29.3. The molecule has 1 aromatic carbocycles. The first-order chi connectivity index (χ1) is 20.9. The molecule has 1 aromatic rings. The summed E-state index contributed by atoms with van der Waals surface area (Å²) in [4.78, 5) is 52.7. The van der Waals surface area contributed by atoms with Crippen LogP contribution in [0.2, 0.25) is 0 Å². The Balaban J connectivity index is 1.38. The van der Waals surface area contributed by atoms with E-state index in [0.717, 1.165) is 51.4 Å². The average molecular weight is 598 g/mol. The molecule has 2 heterocycles. The van der Waals surface area contributed by atoms with Gasteiger partial charge in [-0.25, -0.2) is 4.79 Å². The van der Waals surface area contributed by atoms with Gasteiger partial charge in [0.05, 0.1) is 19.8 Å². The van der Waals surface area contributed by atoms with Crippen molar-refractivity contribution in [2.75, 3.05) is 26.4 Å². The number of carboxylic acid groups (broad SMARTS) is 1. The van der Waals surface area contributed by atoms with Crippen LogP contribution in [0.25, 0.3) is 0 Å². The molecule has 236 valence electrons. The molecule has 0 radical (unpaired) electrons. The van der Waals surface area contributed by atoms with Crippen molar-refractivity contribution in [3.63, 3.8) is 0 Å². The minimum Gasteiger partial charge on any atom is -0.494 e.